The third kappa shape index (κ3) is 2.02. The van der Waals surface area contributed by atoms with Crippen LogP contribution in [0.2, 0.25) is 0 Å². The van der Waals surface area contributed by atoms with Crippen LogP contribution in [0.3, 0.4) is 0 Å². The van der Waals surface area contributed by atoms with Crippen molar-refractivity contribution in [2.24, 2.45) is 0 Å². The molecule has 1 aliphatic heterocycles. The maximum Gasteiger partial charge on any atom is 0.257 e. The molecule has 0 saturated carbocycles. The number of nitriles is 1. The van der Waals surface area contributed by atoms with E-state index in [-0.39, 0.29) is 12.1 Å². The molecular weight excluding hydrogens is 246 g/mol. The van der Waals surface area contributed by atoms with Crippen LogP contribution < -0.4 is 5.56 Å². The van der Waals surface area contributed by atoms with E-state index >= 15 is 0 Å². The number of ether oxygens (including phenoxy) is 2. The van der Waals surface area contributed by atoms with Gasteiger partial charge in [-0.1, -0.05) is 0 Å². The molecule has 0 saturated heterocycles. The standard InChI is InChI=1S/C13H9N3O3/c14-6-9-5-11-10(15-7-9)1-2-12(17)16(11)8-13-18-3-4-19-13/h1-5,7,13H,8H2. The van der Waals surface area contributed by atoms with Gasteiger partial charge in [-0.3, -0.25) is 14.3 Å². The van der Waals surface area contributed by atoms with Gasteiger partial charge in [0.25, 0.3) is 11.8 Å². The summed E-state index contributed by atoms with van der Waals surface area (Å²) in [6.07, 6.45) is 3.80. The number of pyridine rings is 2. The number of rotatable bonds is 2. The summed E-state index contributed by atoms with van der Waals surface area (Å²) in [7, 11) is 0. The molecule has 6 heteroatoms. The zero-order valence-corrected chi connectivity index (χ0v) is 9.81. The summed E-state index contributed by atoms with van der Waals surface area (Å²) in [4.78, 5) is 16.1. The van der Waals surface area contributed by atoms with E-state index in [1.807, 2.05) is 6.07 Å². The smallest absolute Gasteiger partial charge is 0.257 e. The van der Waals surface area contributed by atoms with Gasteiger partial charge in [0.2, 0.25) is 0 Å². The SMILES string of the molecule is N#Cc1cnc2ccc(=O)n(CC3OC=CO3)c2c1. The summed E-state index contributed by atoms with van der Waals surface area (Å²) in [6.45, 7) is 0.236. The number of hydrogen-bond acceptors (Lipinski definition) is 5. The molecule has 6 nitrogen and oxygen atoms in total. The van der Waals surface area contributed by atoms with Crippen molar-refractivity contribution >= 4 is 11.0 Å². The number of aromatic nitrogens is 2. The van der Waals surface area contributed by atoms with Gasteiger partial charge in [0.15, 0.2) is 0 Å². The molecule has 0 aromatic carbocycles. The van der Waals surface area contributed by atoms with Crippen LogP contribution in [0.15, 0.2) is 41.7 Å². The molecule has 0 N–H and O–H groups in total. The van der Waals surface area contributed by atoms with E-state index in [0.29, 0.717) is 16.6 Å². The predicted octanol–water partition coefficient (Wildman–Crippen LogP) is 1.11. The highest BCUT2D eigenvalue weighted by Gasteiger charge is 2.16. The number of nitrogens with zero attached hydrogens (tertiary/aromatic N) is 3. The van der Waals surface area contributed by atoms with E-state index < -0.39 is 6.29 Å². The molecule has 94 valence electrons. The molecular formula is C13H9N3O3. The van der Waals surface area contributed by atoms with Crippen molar-refractivity contribution in [3.05, 3.63) is 52.8 Å². The lowest BCUT2D eigenvalue weighted by Gasteiger charge is -2.14. The van der Waals surface area contributed by atoms with Crippen molar-refractivity contribution in [2.45, 2.75) is 12.8 Å². The van der Waals surface area contributed by atoms with Gasteiger partial charge in [0.05, 0.1) is 16.6 Å². The third-order valence-electron chi connectivity index (χ3n) is 2.81. The summed E-state index contributed by atoms with van der Waals surface area (Å²) < 4.78 is 11.8. The zero-order chi connectivity index (χ0) is 13.2. The highest BCUT2D eigenvalue weighted by Crippen LogP contribution is 2.14. The van der Waals surface area contributed by atoms with Crippen molar-refractivity contribution < 1.29 is 9.47 Å². The highest BCUT2D eigenvalue weighted by molar-refractivity contribution is 5.75. The van der Waals surface area contributed by atoms with Crippen LogP contribution in [0.1, 0.15) is 5.56 Å². The first kappa shape index (κ1) is 11.3. The lowest BCUT2D eigenvalue weighted by molar-refractivity contribution is -0.0340. The van der Waals surface area contributed by atoms with Crippen LogP contribution in [0.4, 0.5) is 0 Å². The minimum atomic E-state index is -0.533. The Morgan fingerprint density at radius 3 is 2.89 bits per heavy atom. The first-order chi connectivity index (χ1) is 9.28. The largest absolute Gasteiger partial charge is 0.457 e. The Morgan fingerprint density at radius 1 is 1.37 bits per heavy atom. The van der Waals surface area contributed by atoms with Crippen LogP contribution in [0, 0.1) is 11.3 Å². The van der Waals surface area contributed by atoms with E-state index in [1.165, 1.54) is 29.4 Å². The fraction of sp³-hybridized carbons (Fsp3) is 0.154. The average molecular weight is 255 g/mol. The maximum atomic E-state index is 11.9. The molecule has 0 atom stereocenters. The van der Waals surface area contributed by atoms with Gasteiger partial charge in [-0.05, 0) is 12.1 Å². The molecule has 0 amide bonds. The Bertz CT molecular complexity index is 750. The first-order valence-corrected chi connectivity index (χ1v) is 5.63. The van der Waals surface area contributed by atoms with Crippen LogP contribution in [0.25, 0.3) is 11.0 Å². The van der Waals surface area contributed by atoms with Gasteiger partial charge in [0, 0.05) is 12.3 Å². The monoisotopic (exact) mass is 255 g/mol. The van der Waals surface area contributed by atoms with Crippen LogP contribution in [0.5, 0.6) is 0 Å². The summed E-state index contributed by atoms with van der Waals surface area (Å²) in [6, 6.07) is 6.70. The molecule has 0 fully saturated rings. The molecule has 1 aliphatic rings. The molecule has 3 heterocycles. The second kappa shape index (κ2) is 4.46. The van der Waals surface area contributed by atoms with E-state index in [9.17, 15) is 4.79 Å². The van der Waals surface area contributed by atoms with Crippen molar-refractivity contribution in [3.63, 3.8) is 0 Å². The molecule has 2 aromatic heterocycles. The van der Waals surface area contributed by atoms with Gasteiger partial charge in [0.1, 0.15) is 25.1 Å². The molecule has 0 aliphatic carbocycles. The summed E-state index contributed by atoms with van der Waals surface area (Å²) in [5.74, 6) is 0. The molecule has 0 unspecified atom stereocenters. The average Bonchev–Trinajstić information content (AvgIpc) is 2.94. The zero-order valence-electron chi connectivity index (χ0n) is 9.81. The van der Waals surface area contributed by atoms with Gasteiger partial charge in [-0.25, -0.2) is 0 Å². The quantitative estimate of drug-likeness (QED) is 0.803. The second-order valence-corrected chi connectivity index (χ2v) is 4.00. The van der Waals surface area contributed by atoms with E-state index in [4.69, 9.17) is 14.7 Å². The second-order valence-electron chi connectivity index (χ2n) is 4.00. The summed E-state index contributed by atoms with van der Waals surface area (Å²) >= 11 is 0. The highest BCUT2D eigenvalue weighted by atomic mass is 16.7. The summed E-state index contributed by atoms with van der Waals surface area (Å²) in [5.41, 5.74) is 1.44. The van der Waals surface area contributed by atoms with Gasteiger partial charge >= 0.3 is 0 Å². The third-order valence-corrected chi connectivity index (χ3v) is 2.81. The lowest BCUT2D eigenvalue weighted by Crippen LogP contribution is -2.27. The Balaban J connectivity index is 2.12. The lowest BCUT2D eigenvalue weighted by atomic mass is 10.2. The van der Waals surface area contributed by atoms with Crippen LogP contribution in [-0.2, 0) is 16.0 Å². The molecule has 3 rings (SSSR count). The van der Waals surface area contributed by atoms with Crippen molar-refractivity contribution in [1.82, 2.24) is 9.55 Å². The van der Waals surface area contributed by atoms with Crippen molar-refractivity contribution in [1.29, 1.82) is 5.26 Å². The Kier molecular flexibility index (Phi) is 2.65. The van der Waals surface area contributed by atoms with Crippen LogP contribution >= 0.6 is 0 Å². The van der Waals surface area contributed by atoms with Crippen molar-refractivity contribution in [2.75, 3.05) is 0 Å². The predicted molar refractivity (Wildman–Crippen MR) is 65.8 cm³/mol. The first-order valence-electron chi connectivity index (χ1n) is 5.63. The molecule has 0 spiro atoms. The fourth-order valence-corrected chi connectivity index (χ4v) is 1.92. The van der Waals surface area contributed by atoms with E-state index in [0.717, 1.165) is 0 Å². The minimum absolute atomic E-state index is 0.191. The number of hydrogen-bond donors (Lipinski definition) is 0. The maximum absolute atomic E-state index is 11.9. The fourth-order valence-electron chi connectivity index (χ4n) is 1.92. The van der Waals surface area contributed by atoms with E-state index in [2.05, 4.69) is 4.98 Å². The van der Waals surface area contributed by atoms with E-state index in [1.54, 1.807) is 12.1 Å². The Labute approximate surface area is 108 Å². The Hall–Kier alpha value is -2.81. The van der Waals surface area contributed by atoms with Crippen molar-refractivity contribution in [3.8, 4) is 6.07 Å². The molecule has 0 bridgehead atoms. The van der Waals surface area contributed by atoms with Gasteiger partial charge in [-0.2, -0.15) is 5.26 Å². The topological polar surface area (TPSA) is 77.1 Å². The Morgan fingerprint density at radius 2 is 2.16 bits per heavy atom. The molecule has 19 heavy (non-hydrogen) atoms. The van der Waals surface area contributed by atoms with Gasteiger partial charge < -0.3 is 9.47 Å². The normalized spacial score (nSPS) is 14.1. The van der Waals surface area contributed by atoms with Gasteiger partial charge in [-0.15, -0.1) is 0 Å². The molecule has 0 radical (unpaired) electrons. The molecule has 2 aromatic rings. The minimum Gasteiger partial charge on any atom is -0.457 e. The number of fused-ring (bicyclic) bond motifs is 1. The summed E-state index contributed by atoms with van der Waals surface area (Å²) in [5, 5.41) is 8.90. The van der Waals surface area contributed by atoms with Crippen LogP contribution in [-0.4, -0.2) is 15.8 Å².